The molecule has 2 amide bonds. The lowest BCUT2D eigenvalue weighted by Gasteiger charge is -2.08. The first-order chi connectivity index (χ1) is 10.6. The molecule has 22 heavy (non-hydrogen) atoms. The van der Waals surface area contributed by atoms with E-state index in [4.69, 9.17) is 4.74 Å². The van der Waals surface area contributed by atoms with Crippen LogP contribution in [0, 0.1) is 0 Å². The molecule has 0 saturated carbocycles. The standard InChI is InChI=1S/C16H15BrN2O3/c1-2-22-14-8-6-11(7-9-14)15(20)18-19-16(21)12-4-3-5-13(17)10-12/h3-10H,2H2,1H3,(H,18,20)(H,19,21). The number of nitrogens with one attached hydrogen (secondary N) is 2. The van der Waals surface area contributed by atoms with E-state index in [2.05, 4.69) is 26.8 Å². The molecule has 0 heterocycles. The van der Waals surface area contributed by atoms with Gasteiger partial charge >= 0.3 is 0 Å². The third-order valence-electron chi connectivity index (χ3n) is 2.80. The summed E-state index contributed by atoms with van der Waals surface area (Å²) in [5, 5.41) is 0. The highest BCUT2D eigenvalue weighted by atomic mass is 79.9. The van der Waals surface area contributed by atoms with Crippen LogP contribution in [0.3, 0.4) is 0 Å². The van der Waals surface area contributed by atoms with E-state index >= 15 is 0 Å². The van der Waals surface area contributed by atoms with Crippen LogP contribution < -0.4 is 15.6 Å². The van der Waals surface area contributed by atoms with Crippen LogP contribution in [-0.2, 0) is 0 Å². The molecule has 0 fully saturated rings. The van der Waals surface area contributed by atoms with E-state index in [9.17, 15) is 9.59 Å². The van der Waals surface area contributed by atoms with Gasteiger partial charge in [0.1, 0.15) is 5.75 Å². The van der Waals surface area contributed by atoms with Gasteiger partial charge in [0.25, 0.3) is 11.8 Å². The molecule has 0 bridgehead atoms. The van der Waals surface area contributed by atoms with Crippen molar-refractivity contribution in [3.63, 3.8) is 0 Å². The molecule has 114 valence electrons. The van der Waals surface area contributed by atoms with Crippen molar-refractivity contribution < 1.29 is 14.3 Å². The van der Waals surface area contributed by atoms with Gasteiger partial charge in [0.05, 0.1) is 6.61 Å². The number of carbonyl (C=O) groups excluding carboxylic acids is 2. The molecule has 2 N–H and O–H groups in total. The van der Waals surface area contributed by atoms with Crippen LogP contribution in [0.25, 0.3) is 0 Å². The Morgan fingerprint density at radius 2 is 1.64 bits per heavy atom. The van der Waals surface area contributed by atoms with Gasteiger partial charge in [-0.25, -0.2) is 0 Å². The Morgan fingerprint density at radius 3 is 2.23 bits per heavy atom. The van der Waals surface area contributed by atoms with Crippen molar-refractivity contribution in [2.24, 2.45) is 0 Å². The quantitative estimate of drug-likeness (QED) is 0.821. The van der Waals surface area contributed by atoms with E-state index in [-0.39, 0.29) is 5.91 Å². The maximum Gasteiger partial charge on any atom is 0.269 e. The van der Waals surface area contributed by atoms with E-state index in [1.165, 1.54) is 0 Å². The number of benzene rings is 2. The van der Waals surface area contributed by atoms with Gasteiger partial charge in [0.2, 0.25) is 0 Å². The summed E-state index contributed by atoms with van der Waals surface area (Å²) in [6.45, 7) is 2.45. The zero-order chi connectivity index (χ0) is 15.9. The second-order valence-corrected chi connectivity index (χ2v) is 5.29. The third kappa shape index (κ3) is 4.33. The number of hydrogen-bond acceptors (Lipinski definition) is 3. The zero-order valence-corrected chi connectivity index (χ0v) is 13.5. The van der Waals surface area contributed by atoms with Crippen LogP contribution in [0.5, 0.6) is 5.75 Å². The molecule has 2 aromatic carbocycles. The van der Waals surface area contributed by atoms with Crippen molar-refractivity contribution in [3.05, 3.63) is 64.1 Å². The SMILES string of the molecule is CCOc1ccc(C(=O)NNC(=O)c2cccc(Br)c2)cc1. The molecule has 0 aliphatic carbocycles. The Kier molecular flexibility index (Phi) is 5.55. The maximum atomic E-state index is 11.9. The van der Waals surface area contributed by atoms with Gasteiger partial charge in [-0.15, -0.1) is 0 Å². The van der Waals surface area contributed by atoms with Crippen molar-refractivity contribution in [2.75, 3.05) is 6.61 Å². The highest BCUT2D eigenvalue weighted by molar-refractivity contribution is 9.10. The van der Waals surface area contributed by atoms with Gasteiger partial charge in [-0.1, -0.05) is 22.0 Å². The van der Waals surface area contributed by atoms with Crippen LogP contribution in [0.15, 0.2) is 53.0 Å². The van der Waals surface area contributed by atoms with Crippen molar-refractivity contribution in [1.29, 1.82) is 0 Å². The first-order valence-corrected chi connectivity index (χ1v) is 7.48. The highest BCUT2D eigenvalue weighted by Crippen LogP contribution is 2.12. The van der Waals surface area contributed by atoms with E-state index in [1.54, 1.807) is 42.5 Å². The van der Waals surface area contributed by atoms with Crippen molar-refractivity contribution in [3.8, 4) is 5.75 Å². The normalized spacial score (nSPS) is 9.91. The largest absolute Gasteiger partial charge is 0.494 e. The first-order valence-electron chi connectivity index (χ1n) is 6.69. The van der Waals surface area contributed by atoms with Gasteiger partial charge in [-0.3, -0.25) is 20.4 Å². The van der Waals surface area contributed by atoms with Gasteiger partial charge in [0, 0.05) is 15.6 Å². The fourth-order valence-electron chi connectivity index (χ4n) is 1.76. The highest BCUT2D eigenvalue weighted by Gasteiger charge is 2.09. The predicted octanol–water partition coefficient (Wildman–Crippen LogP) is 2.92. The minimum atomic E-state index is -0.397. The Morgan fingerprint density at radius 1 is 1.00 bits per heavy atom. The van der Waals surface area contributed by atoms with Crippen molar-refractivity contribution >= 4 is 27.7 Å². The summed E-state index contributed by atoms with van der Waals surface area (Å²) in [6, 6.07) is 13.5. The van der Waals surface area contributed by atoms with Crippen LogP contribution >= 0.6 is 15.9 Å². The molecular formula is C16H15BrN2O3. The van der Waals surface area contributed by atoms with Gasteiger partial charge < -0.3 is 4.74 Å². The Bertz CT molecular complexity index is 671. The number of ether oxygens (including phenoxy) is 1. The molecule has 0 aliphatic rings. The molecule has 5 nitrogen and oxygen atoms in total. The lowest BCUT2D eigenvalue weighted by Crippen LogP contribution is -2.41. The van der Waals surface area contributed by atoms with Gasteiger partial charge in [-0.05, 0) is 49.4 Å². The van der Waals surface area contributed by atoms with E-state index < -0.39 is 5.91 Å². The lowest BCUT2D eigenvalue weighted by atomic mass is 10.2. The summed E-state index contributed by atoms with van der Waals surface area (Å²) in [5.41, 5.74) is 5.62. The number of carbonyl (C=O) groups is 2. The molecule has 2 aromatic rings. The van der Waals surface area contributed by atoms with Crippen molar-refractivity contribution in [1.82, 2.24) is 10.9 Å². The van der Waals surface area contributed by atoms with Gasteiger partial charge in [-0.2, -0.15) is 0 Å². The Balaban J connectivity index is 1.93. The molecule has 0 saturated heterocycles. The second kappa shape index (κ2) is 7.61. The monoisotopic (exact) mass is 362 g/mol. The zero-order valence-electron chi connectivity index (χ0n) is 11.9. The van der Waals surface area contributed by atoms with E-state index in [0.29, 0.717) is 23.5 Å². The smallest absolute Gasteiger partial charge is 0.269 e. The van der Waals surface area contributed by atoms with Crippen molar-refractivity contribution in [2.45, 2.75) is 6.92 Å². The fraction of sp³-hybridized carbons (Fsp3) is 0.125. The van der Waals surface area contributed by atoms with E-state index in [1.807, 2.05) is 13.0 Å². The Labute approximate surface area is 136 Å². The summed E-state index contributed by atoms with van der Waals surface area (Å²) in [4.78, 5) is 23.8. The minimum absolute atomic E-state index is 0.388. The van der Waals surface area contributed by atoms with Crippen LogP contribution in [0.1, 0.15) is 27.6 Å². The third-order valence-corrected chi connectivity index (χ3v) is 3.30. The topological polar surface area (TPSA) is 67.4 Å². The molecule has 0 aromatic heterocycles. The molecule has 0 spiro atoms. The molecule has 0 aliphatic heterocycles. The molecule has 2 rings (SSSR count). The molecule has 0 radical (unpaired) electrons. The number of halogens is 1. The molecule has 6 heteroatoms. The lowest BCUT2D eigenvalue weighted by molar-refractivity contribution is 0.0846. The summed E-state index contributed by atoms with van der Waals surface area (Å²) < 4.78 is 6.09. The average Bonchev–Trinajstić information content (AvgIpc) is 2.53. The summed E-state index contributed by atoms with van der Waals surface area (Å²) >= 11 is 3.29. The van der Waals surface area contributed by atoms with E-state index in [0.717, 1.165) is 4.47 Å². The van der Waals surface area contributed by atoms with Crippen LogP contribution in [-0.4, -0.2) is 18.4 Å². The Hall–Kier alpha value is -2.34. The average molecular weight is 363 g/mol. The van der Waals surface area contributed by atoms with Gasteiger partial charge in [0.15, 0.2) is 0 Å². The predicted molar refractivity (Wildman–Crippen MR) is 86.7 cm³/mol. The minimum Gasteiger partial charge on any atom is -0.494 e. The number of hydrogen-bond donors (Lipinski definition) is 2. The molecule has 0 atom stereocenters. The molecular weight excluding hydrogens is 348 g/mol. The molecule has 0 unspecified atom stereocenters. The number of amides is 2. The second-order valence-electron chi connectivity index (χ2n) is 4.38. The van der Waals surface area contributed by atoms with Crippen LogP contribution in [0.2, 0.25) is 0 Å². The van der Waals surface area contributed by atoms with Crippen LogP contribution in [0.4, 0.5) is 0 Å². The number of hydrazine groups is 1. The summed E-state index contributed by atoms with van der Waals surface area (Å²) in [6.07, 6.45) is 0. The number of rotatable bonds is 4. The summed E-state index contributed by atoms with van der Waals surface area (Å²) in [5.74, 6) is -0.0933. The first kappa shape index (κ1) is 16.0. The maximum absolute atomic E-state index is 11.9. The fourth-order valence-corrected chi connectivity index (χ4v) is 2.16. The summed E-state index contributed by atoms with van der Waals surface area (Å²) in [7, 11) is 0.